The van der Waals surface area contributed by atoms with Gasteiger partial charge in [0.05, 0.1) is 26.4 Å². The molecule has 0 aliphatic carbocycles. The normalized spacial score (nSPS) is 11.3. The van der Waals surface area contributed by atoms with Crippen LogP contribution < -0.4 is 0 Å². The predicted octanol–water partition coefficient (Wildman–Crippen LogP) is 0.435. The quantitative estimate of drug-likeness (QED) is 0.185. The fourth-order valence-corrected chi connectivity index (χ4v) is 1.14. The van der Waals surface area contributed by atoms with Crippen LogP contribution in [0.2, 0.25) is 0 Å². The average Bonchev–Trinajstić information content (AvgIpc) is 2.40. The summed E-state index contributed by atoms with van der Waals surface area (Å²) in [6.07, 6.45) is 2.34. The zero-order chi connectivity index (χ0) is 13.9. The maximum atomic E-state index is 11.7. The van der Waals surface area contributed by atoms with E-state index >= 15 is 0 Å². The molecular weight excluding hydrogens is 240 g/mol. The fourth-order valence-electron chi connectivity index (χ4n) is 1.14. The van der Waals surface area contributed by atoms with Crippen molar-refractivity contribution in [3.63, 3.8) is 0 Å². The molecule has 0 aromatic heterocycles. The summed E-state index contributed by atoms with van der Waals surface area (Å²) in [6, 6.07) is 0. The van der Waals surface area contributed by atoms with Crippen LogP contribution in [0.4, 0.5) is 0 Å². The third kappa shape index (κ3) is 5.59. The minimum absolute atomic E-state index is 0.151. The summed E-state index contributed by atoms with van der Waals surface area (Å²) >= 11 is 0. The van der Waals surface area contributed by atoms with Crippen LogP contribution in [0.5, 0.6) is 0 Å². The number of carbonyl (C=O) groups is 1. The molecule has 0 spiro atoms. The monoisotopic (exact) mass is 262 g/mol. The minimum atomic E-state index is -1.21. The zero-order valence-corrected chi connectivity index (χ0v) is 10.8. The summed E-state index contributed by atoms with van der Waals surface area (Å²) in [5.41, 5.74) is -1.21. The van der Waals surface area contributed by atoms with Gasteiger partial charge in [0.25, 0.3) is 0 Å². The average molecular weight is 262 g/mol. The van der Waals surface area contributed by atoms with E-state index in [-0.39, 0.29) is 6.61 Å². The maximum Gasteiger partial charge on any atom is 0.316 e. The number of rotatable bonds is 11. The highest BCUT2D eigenvalue weighted by Crippen LogP contribution is 2.22. The molecule has 6 heteroatoms. The zero-order valence-electron chi connectivity index (χ0n) is 10.8. The summed E-state index contributed by atoms with van der Waals surface area (Å²) < 4.78 is 4.97. The lowest BCUT2D eigenvalue weighted by Gasteiger charge is -2.25. The summed E-state index contributed by atoms with van der Waals surface area (Å²) in [7, 11) is 0. The van der Waals surface area contributed by atoms with Gasteiger partial charge in [-0.15, -0.1) is 6.58 Å². The minimum Gasteiger partial charge on any atom is -0.465 e. The highest BCUT2D eigenvalue weighted by atomic mass is 17.2. The Kier molecular flexibility index (Phi) is 9.49. The Hall–Kier alpha value is -0.950. The van der Waals surface area contributed by atoms with Crippen LogP contribution in [0, 0.1) is 5.41 Å². The van der Waals surface area contributed by atoms with Crippen molar-refractivity contribution in [1.82, 2.24) is 0 Å². The van der Waals surface area contributed by atoms with E-state index < -0.39 is 24.6 Å². The lowest BCUT2D eigenvalue weighted by molar-refractivity contribution is -0.287. The molecule has 0 heterocycles. The Morgan fingerprint density at radius 2 is 1.94 bits per heavy atom. The number of ether oxygens (including phenoxy) is 1. The highest BCUT2D eigenvalue weighted by Gasteiger charge is 2.37. The van der Waals surface area contributed by atoms with Crippen molar-refractivity contribution in [3.05, 3.63) is 12.7 Å². The molecule has 0 saturated carbocycles. The maximum absolute atomic E-state index is 11.7. The Morgan fingerprint density at radius 1 is 1.28 bits per heavy atom. The van der Waals surface area contributed by atoms with E-state index in [0.717, 1.165) is 0 Å². The molecule has 0 fully saturated rings. The summed E-state index contributed by atoms with van der Waals surface area (Å²) in [5.74, 6) is -0.595. The van der Waals surface area contributed by atoms with Crippen LogP contribution in [0.1, 0.15) is 19.8 Å². The molecule has 0 rings (SSSR count). The van der Waals surface area contributed by atoms with Gasteiger partial charge >= 0.3 is 5.97 Å². The van der Waals surface area contributed by atoms with E-state index in [1.54, 1.807) is 13.0 Å². The second-order valence-electron chi connectivity index (χ2n) is 3.83. The predicted molar refractivity (Wildman–Crippen MR) is 64.6 cm³/mol. The molecule has 0 aliphatic rings. The van der Waals surface area contributed by atoms with E-state index in [4.69, 9.17) is 19.8 Å². The van der Waals surface area contributed by atoms with Gasteiger partial charge in [0, 0.05) is 6.42 Å². The van der Waals surface area contributed by atoms with Crippen molar-refractivity contribution in [1.29, 1.82) is 0 Å². The first kappa shape index (κ1) is 17.1. The Bertz CT molecular complexity index is 228. The van der Waals surface area contributed by atoms with Crippen LogP contribution in [0.15, 0.2) is 12.7 Å². The van der Waals surface area contributed by atoms with Gasteiger partial charge in [-0.05, 0) is 6.42 Å². The standard InChI is InChI=1S/C12H22O6/c1-3-6-17-18-8-5-7-16-11(15)12(4-2,9-13)10-14/h3,13-14H,1,4-10H2,2H3. The molecule has 0 unspecified atom stereocenters. The molecule has 2 N–H and O–H groups in total. The van der Waals surface area contributed by atoms with Crippen molar-refractivity contribution in [3.8, 4) is 0 Å². The van der Waals surface area contributed by atoms with Gasteiger partial charge < -0.3 is 14.9 Å². The second kappa shape index (κ2) is 10.0. The van der Waals surface area contributed by atoms with Gasteiger partial charge in [-0.1, -0.05) is 13.0 Å². The van der Waals surface area contributed by atoms with E-state index in [1.165, 1.54) is 0 Å². The summed E-state index contributed by atoms with van der Waals surface area (Å²) in [6.45, 7) is 5.03. The summed E-state index contributed by atoms with van der Waals surface area (Å²) in [5, 5.41) is 18.3. The molecule has 0 aliphatic heterocycles. The molecular formula is C12H22O6. The molecule has 0 atom stereocenters. The van der Waals surface area contributed by atoms with Gasteiger partial charge in [0.2, 0.25) is 0 Å². The Balaban J connectivity index is 3.78. The van der Waals surface area contributed by atoms with Crippen LogP contribution in [0.25, 0.3) is 0 Å². The van der Waals surface area contributed by atoms with E-state index in [2.05, 4.69) is 11.5 Å². The van der Waals surface area contributed by atoms with E-state index in [9.17, 15) is 4.79 Å². The molecule has 0 amide bonds. The molecule has 0 radical (unpaired) electrons. The van der Waals surface area contributed by atoms with Crippen molar-refractivity contribution in [2.24, 2.45) is 5.41 Å². The van der Waals surface area contributed by atoms with Crippen molar-refractivity contribution in [2.75, 3.05) is 33.0 Å². The number of hydrogen-bond donors (Lipinski definition) is 2. The number of carbonyl (C=O) groups excluding carboxylic acids is 1. The van der Waals surface area contributed by atoms with Crippen molar-refractivity contribution in [2.45, 2.75) is 19.8 Å². The van der Waals surface area contributed by atoms with Gasteiger partial charge in [-0.25, -0.2) is 9.78 Å². The Morgan fingerprint density at radius 3 is 2.44 bits per heavy atom. The first-order valence-electron chi connectivity index (χ1n) is 5.91. The van der Waals surface area contributed by atoms with E-state index in [1.807, 2.05) is 0 Å². The Labute approximate surface area is 107 Å². The van der Waals surface area contributed by atoms with Crippen molar-refractivity contribution >= 4 is 5.97 Å². The SMILES string of the molecule is C=CCOOCCCOC(=O)C(CC)(CO)CO. The third-order valence-corrected chi connectivity index (χ3v) is 2.59. The van der Waals surface area contributed by atoms with Gasteiger partial charge in [0.15, 0.2) is 0 Å². The number of hydrogen-bond acceptors (Lipinski definition) is 6. The highest BCUT2D eigenvalue weighted by molar-refractivity contribution is 5.77. The van der Waals surface area contributed by atoms with Gasteiger partial charge in [-0.2, -0.15) is 0 Å². The molecule has 0 aromatic rings. The molecule has 0 saturated heterocycles. The van der Waals surface area contributed by atoms with Gasteiger partial charge in [-0.3, -0.25) is 4.79 Å². The number of aliphatic hydroxyl groups is 2. The molecule has 6 nitrogen and oxygen atoms in total. The first-order valence-corrected chi connectivity index (χ1v) is 5.91. The third-order valence-electron chi connectivity index (χ3n) is 2.59. The number of aliphatic hydroxyl groups excluding tert-OH is 2. The topological polar surface area (TPSA) is 85.2 Å². The van der Waals surface area contributed by atoms with Gasteiger partial charge in [0.1, 0.15) is 12.0 Å². The molecule has 18 heavy (non-hydrogen) atoms. The molecule has 0 bridgehead atoms. The van der Waals surface area contributed by atoms with Crippen LogP contribution in [0.3, 0.4) is 0 Å². The fraction of sp³-hybridized carbons (Fsp3) is 0.750. The largest absolute Gasteiger partial charge is 0.465 e. The van der Waals surface area contributed by atoms with Crippen LogP contribution >= 0.6 is 0 Å². The number of esters is 1. The second-order valence-corrected chi connectivity index (χ2v) is 3.83. The lowest BCUT2D eigenvalue weighted by Crippen LogP contribution is -2.39. The first-order chi connectivity index (χ1) is 8.66. The molecule has 0 aromatic carbocycles. The van der Waals surface area contributed by atoms with E-state index in [0.29, 0.717) is 26.1 Å². The van der Waals surface area contributed by atoms with Crippen LogP contribution in [-0.4, -0.2) is 49.2 Å². The smallest absolute Gasteiger partial charge is 0.316 e. The molecule has 106 valence electrons. The lowest BCUT2D eigenvalue weighted by atomic mass is 9.87. The van der Waals surface area contributed by atoms with Crippen LogP contribution in [-0.2, 0) is 19.3 Å². The summed E-state index contributed by atoms with van der Waals surface area (Å²) in [4.78, 5) is 21.1. The van der Waals surface area contributed by atoms with Crippen molar-refractivity contribution < 1.29 is 29.5 Å².